The van der Waals surface area contributed by atoms with Gasteiger partial charge in [-0.15, -0.1) is 0 Å². The summed E-state index contributed by atoms with van der Waals surface area (Å²) in [5.41, 5.74) is 4.75. The van der Waals surface area contributed by atoms with Gasteiger partial charge in [0.05, 0.1) is 5.69 Å². The van der Waals surface area contributed by atoms with Crippen molar-refractivity contribution in [3.05, 3.63) is 114 Å². The van der Waals surface area contributed by atoms with Crippen LogP contribution in [0.15, 0.2) is 97.5 Å². The number of amides is 1. The number of para-hydroxylation sites is 1. The molecule has 0 bridgehead atoms. The molecule has 4 aromatic rings. The predicted octanol–water partition coefficient (Wildman–Crippen LogP) is 5.03. The van der Waals surface area contributed by atoms with Crippen molar-refractivity contribution < 1.29 is 9.53 Å². The van der Waals surface area contributed by atoms with E-state index in [1.54, 1.807) is 35.3 Å². The van der Waals surface area contributed by atoms with E-state index in [0.717, 1.165) is 28.1 Å². The summed E-state index contributed by atoms with van der Waals surface area (Å²) in [6.07, 6.45) is 8.41. The van der Waals surface area contributed by atoms with E-state index in [0.29, 0.717) is 17.9 Å². The van der Waals surface area contributed by atoms with Crippen molar-refractivity contribution in [2.24, 2.45) is 0 Å². The number of rotatable bonds is 9. The first-order valence-electron chi connectivity index (χ1n) is 11.4. The average Bonchev–Trinajstić information content (AvgIpc) is 3.34. The molecule has 0 unspecified atom stereocenters. The van der Waals surface area contributed by atoms with E-state index < -0.39 is 5.91 Å². The van der Waals surface area contributed by atoms with Crippen LogP contribution in [0.2, 0.25) is 0 Å². The molecule has 1 N–H and O–H groups in total. The number of hydrogen-bond donors (Lipinski definition) is 1. The Morgan fingerprint density at radius 2 is 2.03 bits per heavy atom. The minimum atomic E-state index is -0.468. The summed E-state index contributed by atoms with van der Waals surface area (Å²) in [7, 11) is 0. The summed E-state index contributed by atoms with van der Waals surface area (Å²) in [4.78, 5) is 16.8. The number of nitrogens with zero attached hydrogens (tertiary/aromatic N) is 4. The minimum absolute atomic E-state index is 0.0181. The molecule has 7 nitrogen and oxygen atoms in total. The van der Waals surface area contributed by atoms with Gasteiger partial charge in [-0.2, -0.15) is 10.4 Å². The third-order valence-electron chi connectivity index (χ3n) is 5.41. The van der Waals surface area contributed by atoms with Crippen LogP contribution in [0.3, 0.4) is 0 Å². The van der Waals surface area contributed by atoms with Crippen LogP contribution >= 0.6 is 0 Å². The highest BCUT2D eigenvalue weighted by atomic mass is 16.5. The van der Waals surface area contributed by atoms with Gasteiger partial charge in [-0.1, -0.05) is 36.9 Å². The third-order valence-corrected chi connectivity index (χ3v) is 5.41. The molecule has 0 radical (unpaired) electrons. The third kappa shape index (κ3) is 5.75. The average molecular weight is 476 g/mol. The van der Waals surface area contributed by atoms with E-state index in [9.17, 15) is 10.1 Å². The topological polar surface area (TPSA) is 92.8 Å². The Kier molecular flexibility index (Phi) is 7.69. The summed E-state index contributed by atoms with van der Waals surface area (Å²) in [5.74, 6) is 0.287. The first kappa shape index (κ1) is 24.2. The van der Waals surface area contributed by atoms with Crippen LogP contribution in [-0.4, -0.2) is 27.3 Å². The fraction of sp³-hybridized carbons (Fsp3) is 0.103. The molecule has 0 saturated carbocycles. The number of carbonyl (C=O) groups excluding carboxylic acids is 1. The first-order valence-corrected chi connectivity index (χ1v) is 11.4. The van der Waals surface area contributed by atoms with E-state index in [-0.39, 0.29) is 12.1 Å². The number of carbonyl (C=O) groups is 1. The Labute approximate surface area is 210 Å². The van der Waals surface area contributed by atoms with E-state index in [1.807, 2.05) is 73.8 Å². The molecule has 36 heavy (non-hydrogen) atoms. The second-order valence-electron chi connectivity index (χ2n) is 8.01. The maximum atomic E-state index is 12.8. The fourth-order valence-electron chi connectivity index (χ4n) is 3.62. The van der Waals surface area contributed by atoms with Crippen molar-refractivity contribution in [1.29, 1.82) is 5.26 Å². The molecule has 0 atom stereocenters. The maximum Gasteiger partial charge on any atom is 0.262 e. The number of aryl methyl sites for hydroxylation is 1. The number of ether oxygens (including phenoxy) is 1. The zero-order valence-corrected chi connectivity index (χ0v) is 19.9. The van der Waals surface area contributed by atoms with Gasteiger partial charge < -0.3 is 10.1 Å². The van der Waals surface area contributed by atoms with E-state index in [2.05, 4.69) is 16.9 Å². The SMILES string of the molecule is C=CCOc1ccc(-c2nn(-c3ccccc3)cc2C=C(C#N)C(=O)NCc2cccnc2)cc1C. The van der Waals surface area contributed by atoms with Crippen molar-refractivity contribution in [1.82, 2.24) is 20.1 Å². The molecular weight excluding hydrogens is 450 g/mol. The van der Waals surface area contributed by atoms with Crippen molar-refractivity contribution in [2.45, 2.75) is 13.5 Å². The monoisotopic (exact) mass is 475 g/mol. The number of nitrogens with one attached hydrogen (secondary N) is 1. The molecule has 0 spiro atoms. The number of aromatic nitrogens is 3. The molecule has 0 fully saturated rings. The van der Waals surface area contributed by atoms with Gasteiger partial charge in [0.25, 0.3) is 5.91 Å². The van der Waals surface area contributed by atoms with Crippen molar-refractivity contribution in [3.8, 4) is 28.8 Å². The smallest absolute Gasteiger partial charge is 0.262 e. The maximum absolute atomic E-state index is 12.8. The number of benzene rings is 2. The molecular formula is C29H25N5O2. The summed E-state index contributed by atoms with van der Waals surface area (Å²) >= 11 is 0. The molecule has 0 aliphatic carbocycles. The number of hydrogen-bond acceptors (Lipinski definition) is 5. The van der Waals surface area contributed by atoms with E-state index >= 15 is 0 Å². The lowest BCUT2D eigenvalue weighted by Crippen LogP contribution is -2.24. The Balaban J connectivity index is 1.70. The van der Waals surface area contributed by atoms with Crippen LogP contribution in [0, 0.1) is 18.3 Å². The van der Waals surface area contributed by atoms with Gasteiger partial charge in [0, 0.05) is 36.3 Å². The summed E-state index contributed by atoms with van der Waals surface area (Å²) in [6, 6.07) is 21.1. The lowest BCUT2D eigenvalue weighted by Gasteiger charge is -2.09. The summed E-state index contributed by atoms with van der Waals surface area (Å²) in [5, 5.41) is 17.3. The van der Waals surface area contributed by atoms with Gasteiger partial charge in [-0.25, -0.2) is 4.68 Å². The Morgan fingerprint density at radius 1 is 1.19 bits per heavy atom. The van der Waals surface area contributed by atoms with Gasteiger partial charge in [0.1, 0.15) is 29.7 Å². The highest BCUT2D eigenvalue weighted by molar-refractivity contribution is 6.02. The quantitative estimate of drug-likeness (QED) is 0.208. The number of nitriles is 1. The molecule has 0 aliphatic heterocycles. The van der Waals surface area contributed by atoms with Gasteiger partial charge >= 0.3 is 0 Å². The highest BCUT2D eigenvalue weighted by Gasteiger charge is 2.16. The summed E-state index contributed by atoms with van der Waals surface area (Å²) in [6.45, 7) is 6.33. The molecule has 1 amide bonds. The molecule has 0 saturated heterocycles. The van der Waals surface area contributed by atoms with Crippen molar-refractivity contribution in [3.63, 3.8) is 0 Å². The van der Waals surface area contributed by atoms with Crippen molar-refractivity contribution in [2.75, 3.05) is 6.61 Å². The van der Waals surface area contributed by atoms with E-state index in [1.165, 1.54) is 0 Å². The van der Waals surface area contributed by atoms with Crippen LogP contribution in [0.5, 0.6) is 5.75 Å². The van der Waals surface area contributed by atoms with Crippen LogP contribution in [0.1, 0.15) is 16.7 Å². The Morgan fingerprint density at radius 3 is 2.72 bits per heavy atom. The standard InChI is InChI=1S/C29H25N5O2/c1-3-14-36-27-12-11-23(15-21(27)2)28-25(20-34(33-28)26-9-5-4-6-10-26)16-24(17-30)29(35)32-19-22-8-7-13-31-18-22/h3-13,15-16,18,20H,1,14,19H2,2H3,(H,32,35). The van der Waals surface area contributed by atoms with Crippen molar-refractivity contribution >= 4 is 12.0 Å². The normalized spacial score (nSPS) is 10.9. The molecule has 4 rings (SSSR count). The molecule has 178 valence electrons. The highest BCUT2D eigenvalue weighted by Crippen LogP contribution is 2.30. The van der Waals surface area contributed by atoms with Crippen LogP contribution in [0.4, 0.5) is 0 Å². The zero-order chi connectivity index (χ0) is 25.3. The van der Waals surface area contributed by atoms with E-state index in [4.69, 9.17) is 9.84 Å². The Bertz CT molecular complexity index is 1430. The molecule has 2 aromatic carbocycles. The zero-order valence-electron chi connectivity index (χ0n) is 19.9. The second-order valence-corrected chi connectivity index (χ2v) is 8.01. The van der Waals surface area contributed by atoms with Crippen LogP contribution < -0.4 is 10.1 Å². The Hall–Kier alpha value is -4.96. The van der Waals surface area contributed by atoms with Gasteiger partial charge in [0.2, 0.25) is 0 Å². The number of pyridine rings is 1. The summed E-state index contributed by atoms with van der Waals surface area (Å²) < 4.78 is 7.44. The molecule has 2 heterocycles. The lowest BCUT2D eigenvalue weighted by molar-refractivity contribution is -0.117. The first-order chi connectivity index (χ1) is 17.6. The van der Waals surface area contributed by atoms with Crippen LogP contribution in [0.25, 0.3) is 23.0 Å². The fourth-order valence-corrected chi connectivity index (χ4v) is 3.62. The molecule has 2 aromatic heterocycles. The second kappa shape index (κ2) is 11.4. The van der Waals surface area contributed by atoms with Crippen LogP contribution in [-0.2, 0) is 11.3 Å². The lowest BCUT2D eigenvalue weighted by atomic mass is 10.0. The van der Waals surface area contributed by atoms with Gasteiger partial charge in [0.15, 0.2) is 0 Å². The minimum Gasteiger partial charge on any atom is -0.489 e. The molecule has 0 aliphatic rings. The predicted molar refractivity (Wildman–Crippen MR) is 139 cm³/mol. The van der Waals surface area contributed by atoms with Gasteiger partial charge in [-0.05, 0) is 60.5 Å². The molecule has 7 heteroatoms. The largest absolute Gasteiger partial charge is 0.489 e. The van der Waals surface area contributed by atoms with Gasteiger partial charge in [-0.3, -0.25) is 9.78 Å².